The van der Waals surface area contributed by atoms with Crippen molar-refractivity contribution >= 4 is 0 Å². The van der Waals surface area contributed by atoms with Gasteiger partial charge in [0.05, 0.1) is 6.20 Å². The number of H-pyrrole nitrogens is 1. The van der Waals surface area contributed by atoms with E-state index < -0.39 is 0 Å². The van der Waals surface area contributed by atoms with E-state index >= 15 is 0 Å². The number of rotatable bonds is 2. The Kier molecular flexibility index (Phi) is 2.12. The zero-order chi connectivity index (χ0) is 9.31. The van der Waals surface area contributed by atoms with Crippen LogP contribution < -0.4 is 0 Å². The molecule has 0 saturated carbocycles. The van der Waals surface area contributed by atoms with Crippen LogP contribution in [0.25, 0.3) is 0 Å². The third-order valence-electron chi connectivity index (χ3n) is 2.72. The molecule has 1 aromatic heterocycles. The van der Waals surface area contributed by atoms with Gasteiger partial charge in [-0.3, -0.25) is 10.00 Å². The molecule has 1 aromatic rings. The van der Waals surface area contributed by atoms with Gasteiger partial charge in [-0.1, -0.05) is 13.8 Å². The smallest absolute Gasteiger partial charge is 0.0532 e. The maximum absolute atomic E-state index is 3.95. The first kappa shape index (κ1) is 8.75. The predicted octanol–water partition coefficient (Wildman–Crippen LogP) is 1.64. The summed E-state index contributed by atoms with van der Waals surface area (Å²) in [5, 5.41) is 6.80. The van der Waals surface area contributed by atoms with Crippen molar-refractivity contribution in [2.45, 2.75) is 26.8 Å². The number of nitrogens with zero attached hydrogens (tertiary/aromatic N) is 2. The molecule has 0 aliphatic carbocycles. The third kappa shape index (κ3) is 2.10. The standard InChI is InChI=1S/C10H17N3/c1-10(2)3-4-13(8-10)7-9-5-11-12-6-9/h5-6H,3-4,7-8H2,1-2H3,(H,11,12). The van der Waals surface area contributed by atoms with Gasteiger partial charge in [-0.2, -0.15) is 5.10 Å². The van der Waals surface area contributed by atoms with E-state index in [1.54, 1.807) is 0 Å². The van der Waals surface area contributed by atoms with Crippen LogP contribution in [0, 0.1) is 5.41 Å². The highest BCUT2D eigenvalue weighted by Crippen LogP contribution is 2.29. The van der Waals surface area contributed by atoms with Crippen molar-refractivity contribution in [1.29, 1.82) is 0 Å². The lowest BCUT2D eigenvalue weighted by Crippen LogP contribution is -2.22. The molecule has 0 bridgehead atoms. The van der Waals surface area contributed by atoms with Gasteiger partial charge in [-0.25, -0.2) is 0 Å². The first-order chi connectivity index (χ1) is 6.16. The number of hydrogen-bond donors (Lipinski definition) is 1. The zero-order valence-electron chi connectivity index (χ0n) is 8.38. The van der Waals surface area contributed by atoms with Gasteiger partial charge in [0.1, 0.15) is 0 Å². The normalized spacial score (nSPS) is 22.3. The molecule has 0 spiro atoms. The Bertz CT molecular complexity index is 264. The first-order valence-electron chi connectivity index (χ1n) is 4.86. The van der Waals surface area contributed by atoms with Crippen LogP contribution in [-0.2, 0) is 6.54 Å². The second kappa shape index (κ2) is 3.14. The van der Waals surface area contributed by atoms with Crippen LogP contribution in [0.1, 0.15) is 25.8 Å². The van der Waals surface area contributed by atoms with E-state index in [0.29, 0.717) is 5.41 Å². The fraction of sp³-hybridized carbons (Fsp3) is 0.700. The van der Waals surface area contributed by atoms with Crippen LogP contribution in [-0.4, -0.2) is 28.2 Å². The summed E-state index contributed by atoms with van der Waals surface area (Å²) in [7, 11) is 0. The van der Waals surface area contributed by atoms with Crippen LogP contribution in [0.5, 0.6) is 0 Å². The quantitative estimate of drug-likeness (QED) is 0.748. The van der Waals surface area contributed by atoms with Crippen LogP contribution in [0.2, 0.25) is 0 Å². The largest absolute Gasteiger partial charge is 0.298 e. The Labute approximate surface area is 79.1 Å². The fourth-order valence-electron chi connectivity index (χ4n) is 1.98. The number of nitrogens with one attached hydrogen (secondary N) is 1. The molecule has 3 heteroatoms. The van der Waals surface area contributed by atoms with Crippen molar-refractivity contribution < 1.29 is 0 Å². The van der Waals surface area contributed by atoms with E-state index in [2.05, 4.69) is 28.9 Å². The molecule has 1 aliphatic heterocycles. The highest BCUT2D eigenvalue weighted by atomic mass is 15.2. The first-order valence-corrected chi connectivity index (χ1v) is 4.86. The monoisotopic (exact) mass is 179 g/mol. The van der Waals surface area contributed by atoms with Crippen LogP contribution in [0.3, 0.4) is 0 Å². The van der Waals surface area contributed by atoms with Crippen molar-refractivity contribution in [2.24, 2.45) is 5.41 Å². The lowest BCUT2D eigenvalue weighted by atomic mass is 9.93. The highest BCUT2D eigenvalue weighted by Gasteiger charge is 2.28. The molecule has 0 unspecified atom stereocenters. The SMILES string of the molecule is CC1(C)CCN(Cc2cn[nH]c2)C1. The van der Waals surface area contributed by atoms with Gasteiger partial charge in [-0.15, -0.1) is 0 Å². The molecule has 2 heterocycles. The Balaban J connectivity index is 1.91. The van der Waals surface area contributed by atoms with Crippen LogP contribution >= 0.6 is 0 Å². The van der Waals surface area contributed by atoms with Gasteiger partial charge < -0.3 is 0 Å². The summed E-state index contributed by atoms with van der Waals surface area (Å²) in [6.07, 6.45) is 5.20. The minimum absolute atomic E-state index is 0.504. The minimum Gasteiger partial charge on any atom is -0.298 e. The van der Waals surface area contributed by atoms with Gasteiger partial charge in [0, 0.05) is 24.8 Å². The molecule has 0 radical (unpaired) electrons. The molecule has 1 N–H and O–H groups in total. The summed E-state index contributed by atoms with van der Waals surface area (Å²) in [5.74, 6) is 0. The van der Waals surface area contributed by atoms with Gasteiger partial charge in [-0.05, 0) is 18.4 Å². The minimum atomic E-state index is 0.504. The molecular formula is C10H17N3. The summed E-state index contributed by atoms with van der Waals surface area (Å²) >= 11 is 0. The average molecular weight is 179 g/mol. The summed E-state index contributed by atoms with van der Waals surface area (Å²) in [6.45, 7) is 8.14. The molecule has 72 valence electrons. The number of likely N-dealkylation sites (tertiary alicyclic amines) is 1. The maximum atomic E-state index is 3.95. The second-order valence-electron chi connectivity index (χ2n) is 4.73. The number of aromatic amines is 1. The fourth-order valence-corrected chi connectivity index (χ4v) is 1.98. The Morgan fingerprint density at radius 3 is 3.00 bits per heavy atom. The molecule has 1 aliphatic rings. The molecule has 3 nitrogen and oxygen atoms in total. The topological polar surface area (TPSA) is 31.9 Å². The van der Waals surface area contributed by atoms with Crippen LogP contribution in [0.15, 0.2) is 12.4 Å². The molecule has 0 atom stereocenters. The average Bonchev–Trinajstić information content (AvgIpc) is 2.61. The number of hydrogen-bond acceptors (Lipinski definition) is 2. The lowest BCUT2D eigenvalue weighted by molar-refractivity contribution is 0.284. The van der Waals surface area contributed by atoms with Crippen molar-refractivity contribution in [3.63, 3.8) is 0 Å². The molecule has 0 aromatic carbocycles. The van der Waals surface area contributed by atoms with E-state index in [1.807, 2.05) is 12.4 Å². The number of aromatic nitrogens is 2. The second-order valence-corrected chi connectivity index (χ2v) is 4.73. The van der Waals surface area contributed by atoms with E-state index in [1.165, 1.54) is 25.1 Å². The summed E-state index contributed by atoms with van der Waals surface area (Å²) in [5.41, 5.74) is 1.79. The maximum Gasteiger partial charge on any atom is 0.0532 e. The van der Waals surface area contributed by atoms with Crippen molar-refractivity contribution in [3.8, 4) is 0 Å². The van der Waals surface area contributed by atoms with Crippen molar-refractivity contribution in [2.75, 3.05) is 13.1 Å². The van der Waals surface area contributed by atoms with E-state index in [-0.39, 0.29) is 0 Å². The third-order valence-corrected chi connectivity index (χ3v) is 2.72. The summed E-state index contributed by atoms with van der Waals surface area (Å²) < 4.78 is 0. The summed E-state index contributed by atoms with van der Waals surface area (Å²) in [4.78, 5) is 2.49. The van der Waals surface area contributed by atoms with Gasteiger partial charge >= 0.3 is 0 Å². The Morgan fingerprint density at radius 2 is 2.46 bits per heavy atom. The Morgan fingerprint density at radius 1 is 1.62 bits per heavy atom. The summed E-state index contributed by atoms with van der Waals surface area (Å²) in [6, 6.07) is 0. The van der Waals surface area contributed by atoms with Gasteiger partial charge in [0.2, 0.25) is 0 Å². The molecule has 0 amide bonds. The highest BCUT2D eigenvalue weighted by molar-refractivity contribution is 5.03. The zero-order valence-corrected chi connectivity index (χ0v) is 8.38. The van der Waals surface area contributed by atoms with E-state index in [4.69, 9.17) is 0 Å². The van der Waals surface area contributed by atoms with Crippen molar-refractivity contribution in [3.05, 3.63) is 18.0 Å². The molecule has 1 fully saturated rings. The predicted molar refractivity (Wildman–Crippen MR) is 52.3 cm³/mol. The molecule has 1 saturated heterocycles. The van der Waals surface area contributed by atoms with Crippen molar-refractivity contribution in [1.82, 2.24) is 15.1 Å². The van der Waals surface area contributed by atoms with E-state index in [0.717, 1.165) is 6.54 Å². The molecular weight excluding hydrogens is 162 g/mol. The van der Waals surface area contributed by atoms with Gasteiger partial charge in [0.15, 0.2) is 0 Å². The van der Waals surface area contributed by atoms with E-state index in [9.17, 15) is 0 Å². The van der Waals surface area contributed by atoms with Gasteiger partial charge in [0.25, 0.3) is 0 Å². The lowest BCUT2D eigenvalue weighted by Gasteiger charge is -2.18. The molecule has 2 rings (SSSR count). The molecule has 13 heavy (non-hydrogen) atoms. The Hall–Kier alpha value is -0.830. The van der Waals surface area contributed by atoms with Crippen LogP contribution in [0.4, 0.5) is 0 Å².